The van der Waals surface area contributed by atoms with E-state index < -0.39 is 0 Å². The second kappa shape index (κ2) is 5.37. The molecular weight excluding hydrogens is 229 g/mol. The van der Waals surface area contributed by atoms with Crippen LogP contribution in [0.1, 0.15) is 26.3 Å². The largest absolute Gasteiger partial charge is 0.375 e. The molecule has 1 aliphatic heterocycles. The lowest BCUT2D eigenvalue weighted by Gasteiger charge is -2.25. The van der Waals surface area contributed by atoms with Crippen LogP contribution < -0.4 is 5.73 Å². The highest BCUT2D eigenvalue weighted by molar-refractivity contribution is 5.18. The van der Waals surface area contributed by atoms with E-state index in [9.17, 15) is 4.39 Å². The summed E-state index contributed by atoms with van der Waals surface area (Å²) < 4.78 is 19.4. The summed E-state index contributed by atoms with van der Waals surface area (Å²) in [6.07, 6.45) is 0.954. The first-order valence-electron chi connectivity index (χ1n) is 6.65. The van der Waals surface area contributed by atoms with E-state index in [2.05, 4.69) is 20.8 Å². The number of hydrogen-bond donors (Lipinski definition) is 1. The molecule has 0 aliphatic carbocycles. The van der Waals surface area contributed by atoms with Crippen LogP contribution in [0.2, 0.25) is 0 Å². The van der Waals surface area contributed by atoms with Crippen molar-refractivity contribution in [3.63, 3.8) is 0 Å². The first-order valence-corrected chi connectivity index (χ1v) is 6.65. The van der Waals surface area contributed by atoms with Crippen LogP contribution in [0.15, 0.2) is 24.3 Å². The highest BCUT2D eigenvalue weighted by Crippen LogP contribution is 2.34. The maximum absolute atomic E-state index is 13.6. The average molecular weight is 251 g/mol. The van der Waals surface area contributed by atoms with E-state index >= 15 is 0 Å². The van der Waals surface area contributed by atoms with Gasteiger partial charge in [0.25, 0.3) is 0 Å². The van der Waals surface area contributed by atoms with Gasteiger partial charge >= 0.3 is 0 Å². The fourth-order valence-corrected chi connectivity index (χ4v) is 3.09. The number of halogens is 1. The third kappa shape index (κ3) is 2.57. The van der Waals surface area contributed by atoms with E-state index in [1.54, 1.807) is 6.07 Å². The Hall–Kier alpha value is -0.930. The van der Waals surface area contributed by atoms with E-state index in [1.165, 1.54) is 6.07 Å². The van der Waals surface area contributed by atoms with E-state index in [-0.39, 0.29) is 24.1 Å². The number of hydrogen-bond acceptors (Lipinski definition) is 2. The lowest BCUT2D eigenvalue weighted by Crippen LogP contribution is -2.39. The monoisotopic (exact) mass is 251 g/mol. The molecule has 3 heteroatoms. The fourth-order valence-electron chi connectivity index (χ4n) is 3.09. The molecule has 1 fully saturated rings. The van der Waals surface area contributed by atoms with E-state index in [1.807, 2.05) is 12.1 Å². The molecule has 0 saturated carbocycles. The van der Waals surface area contributed by atoms with E-state index in [0.29, 0.717) is 23.8 Å². The predicted octanol–water partition coefficient (Wildman–Crippen LogP) is 2.76. The molecule has 1 heterocycles. The Morgan fingerprint density at radius 1 is 1.22 bits per heavy atom. The molecule has 1 aromatic rings. The second-order valence-electron chi connectivity index (χ2n) is 5.44. The Bertz CT molecular complexity index is 409. The molecule has 0 spiro atoms. The van der Waals surface area contributed by atoms with Crippen LogP contribution in [0.4, 0.5) is 4.39 Å². The van der Waals surface area contributed by atoms with Gasteiger partial charge < -0.3 is 10.5 Å². The molecule has 1 aliphatic rings. The maximum atomic E-state index is 13.6. The topological polar surface area (TPSA) is 35.2 Å². The van der Waals surface area contributed by atoms with Crippen LogP contribution >= 0.6 is 0 Å². The van der Waals surface area contributed by atoms with Gasteiger partial charge in [0.1, 0.15) is 5.82 Å². The van der Waals surface area contributed by atoms with Crippen LogP contribution in [0.3, 0.4) is 0 Å². The van der Waals surface area contributed by atoms with Crippen LogP contribution in [-0.2, 0) is 11.2 Å². The van der Waals surface area contributed by atoms with Crippen molar-refractivity contribution in [3.8, 4) is 0 Å². The Balaban J connectivity index is 2.08. The van der Waals surface area contributed by atoms with Gasteiger partial charge in [-0.1, -0.05) is 25.1 Å². The lowest BCUT2D eigenvalue weighted by molar-refractivity contribution is 0.0490. The van der Waals surface area contributed by atoms with Crippen LogP contribution in [0.25, 0.3) is 0 Å². The molecule has 5 unspecified atom stereocenters. The molecule has 2 rings (SSSR count). The standard InChI is InChI=1S/C15H22FNO/c1-9-10(2)18-11(3)15(9)14(17)8-12-6-4-5-7-13(12)16/h4-7,9-11,14-15H,8,17H2,1-3H3. The molecule has 0 bridgehead atoms. The number of benzene rings is 1. The van der Waals surface area contributed by atoms with E-state index in [0.717, 1.165) is 0 Å². The molecule has 2 nitrogen and oxygen atoms in total. The Morgan fingerprint density at radius 2 is 1.89 bits per heavy atom. The third-order valence-corrected chi connectivity index (χ3v) is 4.23. The summed E-state index contributed by atoms with van der Waals surface area (Å²) >= 11 is 0. The summed E-state index contributed by atoms with van der Waals surface area (Å²) in [5.41, 5.74) is 6.97. The normalized spacial score (nSPS) is 33.6. The molecule has 2 N–H and O–H groups in total. The maximum Gasteiger partial charge on any atom is 0.126 e. The quantitative estimate of drug-likeness (QED) is 0.896. The van der Waals surface area contributed by atoms with Gasteiger partial charge in [-0.3, -0.25) is 0 Å². The Morgan fingerprint density at radius 3 is 2.44 bits per heavy atom. The molecule has 1 aromatic carbocycles. The SMILES string of the molecule is CC1OC(C)C(C(N)Cc2ccccc2F)C1C. The first kappa shape index (κ1) is 13.5. The highest BCUT2D eigenvalue weighted by Gasteiger charge is 2.40. The average Bonchev–Trinajstić information content (AvgIpc) is 2.56. The molecule has 0 amide bonds. The molecular formula is C15H22FNO. The smallest absolute Gasteiger partial charge is 0.126 e. The lowest BCUT2D eigenvalue weighted by atomic mass is 9.81. The van der Waals surface area contributed by atoms with Crippen molar-refractivity contribution in [2.24, 2.45) is 17.6 Å². The van der Waals surface area contributed by atoms with Crippen molar-refractivity contribution in [2.45, 2.75) is 45.4 Å². The fraction of sp³-hybridized carbons (Fsp3) is 0.600. The molecule has 100 valence electrons. The van der Waals surface area contributed by atoms with Crippen molar-refractivity contribution < 1.29 is 9.13 Å². The minimum Gasteiger partial charge on any atom is -0.375 e. The minimum absolute atomic E-state index is 0.0585. The van der Waals surface area contributed by atoms with Gasteiger partial charge in [-0.05, 0) is 37.8 Å². The zero-order valence-corrected chi connectivity index (χ0v) is 11.3. The molecule has 0 aromatic heterocycles. The Kier molecular flexibility index (Phi) is 4.03. The van der Waals surface area contributed by atoms with Gasteiger partial charge in [-0.15, -0.1) is 0 Å². The number of ether oxygens (including phenoxy) is 1. The van der Waals surface area contributed by atoms with Crippen LogP contribution in [-0.4, -0.2) is 18.2 Å². The van der Waals surface area contributed by atoms with Gasteiger partial charge in [-0.2, -0.15) is 0 Å². The van der Waals surface area contributed by atoms with Crippen molar-refractivity contribution in [1.29, 1.82) is 0 Å². The van der Waals surface area contributed by atoms with Gasteiger partial charge in [0.15, 0.2) is 0 Å². The summed E-state index contributed by atoms with van der Waals surface area (Å²) in [6.45, 7) is 6.31. The summed E-state index contributed by atoms with van der Waals surface area (Å²) in [4.78, 5) is 0. The van der Waals surface area contributed by atoms with Crippen molar-refractivity contribution in [2.75, 3.05) is 0 Å². The van der Waals surface area contributed by atoms with Gasteiger partial charge in [0.05, 0.1) is 12.2 Å². The molecule has 0 radical (unpaired) electrons. The summed E-state index contributed by atoms with van der Waals surface area (Å²) in [6, 6.07) is 6.80. The van der Waals surface area contributed by atoms with Crippen LogP contribution in [0, 0.1) is 17.7 Å². The zero-order chi connectivity index (χ0) is 13.3. The number of nitrogens with two attached hydrogens (primary N) is 1. The predicted molar refractivity (Wildman–Crippen MR) is 70.7 cm³/mol. The van der Waals surface area contributed by atoms with Gasteiger partial charge in [0, 0.05) is 12.0 Å². The summed E-state index contributed by atoms with van der Waals surface area (Å²) in [5.74, 6) is 0.543. The van der Waals surface area contributed by atoms with Gasteiger partial charge in [0.2, 0.25) is 0 Å². The summed E-state index contributed by atoms with van der Waals surface area (Å²) in [5, 5.41) is 0. The van der Waals surface area contributed by atoms with Crippen molar-refractivity contribution in [1.82, 2.24) is 0 Å². The van der Waals surface area contributed by atoms with Crippen molar-refractivity contribution in [3.05, 3.63) is 35.6 Å². The highest BCUT2D eigenvalue weighted by atomic mass is 19.1. The van der Waals surface area contributed by atoms with E-state index in [4.69, 9.17) is 10.5 Å². The molecule has 1 saturated heterocycles. The zero-order valence-electron chi connectivity index (χ0n) is 11.3. The van der Waals surface area contributed by atoms with Crippen LogP contribution in [0.5, 0.6) is 0 Å². The minimum atomic E-state index is -0.166. The molecule has 5 atom stereocenters. The summed E-state index contributed by atoms with van der Waals surface area (Å²) in [7, 11) is 0. The third-order valence-electron chi connectivity index (χ3n) is 4.23. The Labute approximate surface area is 108 Å². The second-order valence-corrected chi connectivity index (χ2v) is 5.44. The molecule has 18 heavy (non-hydrogen) atoms. The van der Waals surface area contributed by atoms with Gasteiger partial charge in [-0.25, -0.2) is 4.39 Å². The number of rotatable bonds is 3. The first-order chi connectivity index (χ1) is 8.50. The van der Waals surface area contributed by atoms with Crippen molar-refractivity contribution >= 4 is 0 Å².